The van der Waals surface area contributed by atoms with Crippen molar-refractivity contribution in [3.8, 4) is 11.5 Å². The van der Waals surface area contributed by atoms with Crippen molar-refractivity contribution >= 4 is 17.8 Å². The second kappa shape index (κ2) is 7.13. The molecular weight excluding hydrogens is 282 g/mol. The first kappa shape index (κ1) is 16.3. The topological polar surface area (TPSA) is 122 Å². The first-order valence-electron chi connectivity index (χ1n) is 5.86. The van der Waals surface area contributed by atoms with E-state index in [1.807, 2.05) is 0 Å². The monoisotopic (exact) mass is 297 g/mol. The highest BCUT2D eigenvalue weighted by molar-refractivity contribution is 5.98. The average molecular weight is 297 g/mol. The van der Waals surface area contributed by atoms with Crippen molar-refractivity contribution in [2.24, 2.45) is 0 Å². The highest BCUT2D eigenvalue weighted by Crippen LogP contribution is 2.22. The quantitative estimate of drug-likeness (QED) is 0.664. The van der Waals surface area contributed by atoms with Crippen LogP contribution in [0, 0.1) is 0 Å². The van der Waals surface area contributed by atoms with Gasteiger partial charge >= 0.3 is 11.9 Å². The van der Waals surface area contributed by atoms with E-state index in [4.69, 9.17) is 19.7 Å². The van der Waals surface area contributed by atoms with Gasteiger partial charge in [0, 0.05) is 11.6 Å². The summed E-state index contributed by atoms with van der Waals surface area (Å²) >= 11 is 0. The normalized spacial score (nSPS) is 11.3. The van der Waals surface area contributed by atoms with Gasteiger partial charge in [-0.05, 0) is 12.1 Å². The van der Waals surface area contributed by atoms with Gasteiger partial charge in [-0.15, -0.1) is 0 Å². The van der Waals surface area contributed by atoms with Crippen LogP contribution in [0.5, 0.6) is 11.5 Å². The van der Waals surface area contributed by atoms with Gasteiger partial charge in [0.2, 0.25) is 0 Å². The number of benzene rings is 1. The SMILES string of the molecule is COc1cc(OC)cc(C(=O)N[C@@H](CC(=O)O)C(=O)O)c1. The fourth-order valence-corrected chi connectivity index (χ4v) is 1.55. The summed E-state index contributed by atoms with van der Waals surface area (Å²) in [6.45, 7) is 0. The summed E-state index contributed by atoms with van der Waals surface area (Å²) in [5, 5.41) is 19.7. The van der Waals surface area contributed by atoms with Crippen LogP contribution in [0.3, 0.4) is 0 Å². The van der Waals surface area contributed by atoms with Gasteiger partial charge in [0.05, 0.1) is 20.6 Å². The lowest BCUT2D eigenvalue weighted by Gasteiger charge is -2.13. The number of carboxylic acids is 2. The molecule has 0 radical (unpaired) electrons. The molecule has 0 heterocycles. The number of rotatable bonds is 7. The van der Waals surface area contributed by atoms with Crippen molar-refractivity contribution < 1.29 is 34.1 Å². The molecule has 1 aromatic rings. The van der Waals surface area contributed by atoms with Crippen LogP contribution in [-0.2, 0) is 9.59 Å². The Morgan fingerprint density at radius 1 is 1.10 bits per heavy atom. The minimum Gasteiger partial charge on any atom is -0.497 e. The number of aliphatic carboxylic acids is 2. The van der Waals surface area contributed by atoms with Gasteiger partial charge in [-0.3, -0.25) is 9.59 Å². The molecule has 8 nitrogen and oxygen atoms in total. The van der Waals surface area contributed by atoms with Crippen LogP contribution in [0.4, 0.5) is 0 Å². The van der Waals surface area contributed by atoms with E-state index in [1.54, 1.807) is 6.07 Å². The van der Waals surface area contributed by atoms with E-state index in [1.165, 1.54) is 26.4 Å². The molecule has 1 amide bonds. The molecule has 0 fully saturated rings. The second-order valence-electron chi connectivity index (χ2n) is 4.06. The van der Waals surface area contributed by atoms with E-state index in [9.17, 15) is 14.4 Å². The maximum Gasteiger partial charge on any atom is 0.326 e. The molecule has 1 atom stereocenters. The zero-order chi connectivity index (χ0) is 16.0. The average Bonchev–Trinajstić information content (AvgIpc) is 2.45. The molecule has 0 spiro atoms. The lowest BCUT2D eigenvalue weighted by atomic mass is 10.1. The van der Waals surface area contributed by atoms with Gasteiger partial charge in [-0.25, -0.2) is 4.79 Å². The van der Waals surface area contributed by atoms with Gasteiger partial charge in [0.15, 0.2) is 0 Å². The fourth-order valence-electron chi connectivity index (χ4n) is 1.55. The summed E-state index contributed by atoms with van der Waals surface area (Å²) in [6.07, 6.45) is -0.720. The Hall–Kier alpha value is -2.77. The number of carbonyl (C=O) groups is 3. The van der Waals surface area contributed by atoms with E-state index in [2.05, 4.69) is 5.32 Å². The first-order chi connectivity index (χ1) is 9.87. The van der Waals surface area contributed by atoms with Crippen LogP contribution >= 0.6 is 0 Å². The first-order valence-corrected chi connectivity index (χ1v) is 5.86. The van der Waals surface area contributed by atoms with Gasteiger partial charge in [0.25, 0.3) is 5.91 Å². The molecule has 0 saturated heterocycles. The number of nitrogens with one attached hydrogen (secondary N) is 1. The highest BCUT2D eigenvalue weighted by atomic mass is 16.5. The molecular formula is C13H15NO7. The standard InChI is InChI=1S/C13H15NO7/c1-20-8-3-7(4-9(5-8)21-2)12(17)14-10(13(18)19)6-11(15)16/h3-5,10H,6H2,1-2H3,(H,14,17)(H,15,16)(H,18,19)/t10-/m0/s1. The molecule has 21 heavy (non-hydrogen) atoms. The number of ether oxygens (including phenoxy) is 2. The zero-order valence-corrected chi connectivity index (χ0v) is 11.5. The van der Waals surface area contributed by atoms with Crippen LogP contribution in [0.1, 0.15) is 16.8 Å². The predicted octanol–water partition coefficient (Wildman–Crippen LogP) is 0.361. The van der Waals surface area contributed by atoms with Crippen molar-refractivity contribution in [3.05, 3.63) is 23.8 Å². The molecule has 1 aromatic carbocycles. The van der Waals surface area contributed by atoms with Crippen molar-refractivity contribution in [3.63, 3.8) is 0 Å². The van der Waals surface area contributed by atoms with E-state index in [0.717, 1.165) is 0 Å². The molecule has 0 aliphatic rings. The van der Waals surface area contributed by atoms with E-state index < -0.39 is 30.3 Å². The van der Waals surface area contributed by atoms with Gasteiger partial charge < -0.3 is 25.0 Å². The van der Waals surface area contributed by atoms with Crippen LogP contribution < -0.4 is 14.8 Å². The second-order valence-corrected chi connectivity index (χ2v) is 4.06. The number of carboxylic acid groups (broad SMARTS) is 2. The van der Waals surface area contributed by atoms with E-state index in [0.29, 0.717) is 11.5 Å². The van der Waals surface area contributed by atoms with Crippen molar-refractivity contribution in [2.75, 3.05) is 14.2 Å². The Balaban J connectivity index is 2.96. The van der Waals surface area contributed by atoms with Gasteiger partial charge in [-0.2, -0.15) is 0 Å². The van der Waals surface area contributed by atoms with Crippen LogP contribution in [0.15, 0.2) is 18.2 Å². The molecule has 0 unspecified atom stereocenters. The third-order valence-electron chi connectivity index (χ3n) is 2.60. The molecule has 3 N–H and O–H groups in total. The summed E-state index contributed by atoms with van der Waals surface area (Å²) in [6, 6.07) is 2.80. The molecule has 0 saturated carbocycles. The summed E-state index contributed by atoms with van der Waals surface area (Å²) < 4.78 is 9.99. The summed E-state index contributed by atoms with van der Waals surface area (Å²) in [4.78, 5) is 33.5. The van der Waals surface area contributed by atoms with Crippen LogP contribution in [0.25, 0.3) is 0 Å². The Kier molecular flexibility index (Phi) is 5.53. The lowest BCUT2D eigenvalue weighted by Crippen LogP contribution is -2.42. The van der Waals surface area contributed by atoms with Crippen molar-refractivity contribution in [2.45, 2.75) is 12.5 Å². The number of amides is 1. The smallest absolute Gasteiger partial charge is 0.326 e. The van der Waals surface area contributed by atoms with Crippen LogP contribution in [0.2, 0.25) is 0 Å². The third-order valence-corrected chi connectivity index (χ3v) is 2.60. The molecule has 0 aliphatic carbocycles. The molecule has 114 valence electrons. The molecule has 0 aliphatic heterocycles. The fraction of sp³-hybridized carbons (Fsp3) is 0.308. The molecule has 1 rings (SSSR count). The lowest BCUT2D eigenvalue weighted by molar-refractivity contribution is -0.145. The third kappa shape index (κ3) is 4.68. The Morgan fingerprint density at radius 2 is 1.62 bits per heavy atom. The van der Waals surface area contributed by atoms with Crippen LogP contribution in [-0.4, -0.2) is 48.3 Å². The number of hydrogen-bond donors (Lipinski definition) is 3. The Bertz CT molecular complexity index is 533. The summed E-state index contributed by atoms with van der Waals surface area (Å²) in [5.74, 6) is -2.79. The van der Waals surface area contributed by atoms with Gasteiger partial charge in [0.1, 0.15) is 17.5 Å². The Labute approximate surface area is 120 Å². The molecule has 0 bridgehead atoms. The van der Waals surface area contributed by atoms with E-state index in [-0.39, 0.29) is 5.56 Å². The van der Waals surface area contributed by atoms with Gasteiger partial charge in [-0.1, -0.05) is 0 Å². The number of methoxy groups -OCH3 is 2. The zero-order valence-electron chi connectivity index (χ0n) is 11.5. The van der Waals surface area contributed by atoms with Crippen molar-refractivity contribution in [1.82, 2.24) is 5.32 Å². The maximum atomic E-state index is 12.0. The summed E-state index contributed by atoms with van der Waals surface area (Å²) in [7, 11) is 2.81. The molecule has 0 aromatic heterocycles. The predicted molar refractivity (Wildman–Crippen MR) is 70.7 cm³/mol. The largest absolute Gasteiger partial charge is 0.497 e. The summed E-state index contributed by atoms with van der Waals surface area (Å²) in [5.41, 5.74) is 0.0999. The minimum absolute atomic E-state index is 0.0999. The highest BCUT2D eigenvalue weighted by Gasteiger charge is 2.24. The van der Waals surface area contributed by atoms with Crippen molar-refractivity contribution in [1.29, 1.82) is 0 Å². The number of hydrogen-bond acceptors (Lipinski definition) is 5. The number of carbonyl (C=O) groups excluding carboxylic acids is 1. The minimum atomic E-state index is -1.52. The molecule has 8 heteroatoms. The van der Waals surface area contributed by atoms with E-state index >= 15 is 0 Å². The Morgan fingerprint density at radius 3 is 2.00 bits per heavy atom. The maximum absolute atomic E-state index is 12.0.